The van der Waals surface area contributed by atoms with Crippen molar-refractivity contribution in [3.8, 4) is 5.69 Å². The summed E-state index contributed by atoms with van der Waals surface area (Å²) in [4.78, 5) is 18.1. The van der Waals surface area contributed by atoms with Crippen LogP contribution in [0.5, 0.6) is 0 Å². The fourth-order valence-corrected chi connectivity index (χ4v) is 3.08. The Labute approximate surface area is 157 Å². The number of H-pyrrole nitrogens is 1. The van der Waals surface area contributed by atoms with Gasteiger partial charge in [-0.15, -0.1) is 0 Å². The van der Waals surface area contributed by atoms with Crippen LogP contribution in [-0.2, 0) is 0 Å². The third kappa shape index (κ3) is 3.37. The van der Waals surface area contributed by atoms with Crippen LogP contribution >= 0.6 is 0 Å². The summed E-state index contributed by atoms with van der Waals surface area (Å²) < 4.78 is 1.56. The second kappa shape index (κ2) is 7.30. The first kappa shape index (κ1) is 16.8. The van der Waals surface area contributed by atoms with Gasteiger partial charge < -0.3 is 0 Å². The van der Waals surface area contributed by atoms with Gasteiger partial charge in [-0.3, -0.25) is 9.89 Å². The number of aryl methyl sites for hydroxylation is 1. The summed E-state index contributed by atoms with van der Waals surface area (Å²) in [6.07, 6.45) is 0. The number of rotatable bonds is 4. The van der Waals surface area contributed by atoms with Crippen molar-refractivity contribution in [3.63, 3.8) is 0 Å². The van der Waals surface area contributed by atoms with Crippen LogP contribution in [0.25, 0.3) is 5.69 Å². The van der Waals surface area contributed by atoms with Gasteiger partial charge in [0.1, 0.15) is 0 Å². The molecule has 0 saturated heterocycles. The van der Waals surface area contributed by atoms with E-state index >= 15 is 0 Å². The Balaban J connectivity index is 1.93. The highest BCUT2D eigenvalue weighted by Crippen LogP contribution is 2.18. The van der Waals surface area contributed by atoms with Gasteiger partial charge in [0, 0.05) is 11.3 Å². The Kier molecular flexibility index (Phi) is 4.54. The maximum atomic E-state index is 13.2. The van der Waals surface area contributed by atoms with Crippen LogP contribution in [0, 0.1) is 6.92 Å². The number of hydrogen-bond donors (Lipinski definition) is 1. The Bertz CT molecular complexity index is 1120. The Morgan fingerprint density at radius 3 is 2.00 bits per heavy atom. The maximum absolute atomic E-state index is 13.2. The highest BCUT2D eigenvalue weighted by atomic mass is 16.1. The minimum absolute atomic E-state index is 0.114. The van der Waals surface area contributed by atoms with Crippen molar-refractivity contribution in [1.82, 2.24) is 9.78 Å². The molecular weight excluding hydrogens is 334 g/mol. The zero-order valence-corrected chi connectivity index (χ0v) is 15.0. The summed E-state index contributed by atoms with van der Waals surface area (Å²) in [6, 6.07) is 29.0. The molecule has 1 heterocycles. The van der Waals surface area contributed by atoms with E-state index in [1.54, 1.807) is 4.68 Å². The number of hydrogen-bond acceptors (Lipinski definition) is 2. The molecule has 27 heavy (non-hydrogen) atoms. The summed E-state index contributed by atoms with van der Waals surface area (Å²) in [7, 11) is 0. The smallest absolute Gasteiger partial charge is 0.280 e. The third-order valence-corrected chi connectivity index (χ3v) is 4.37. The molecular formula is C23H19N3O. The van der Waals surface area contributed by atoms with Crippen LogP contribution in [-0.4, -0.2) is 15.5 Å². The van der Waals surface area contributed by atoms with Crippen molar-refractivity contribution in [2.24, 2.45) is 4.99 Å². The molecule has 4 nitrogen and oxygen atoms in total. The van der Waals surface area contributed by atoms with Crippen LogP contribution in [0.3, 0.4) is 0 Å². The normalized spacial score (nSPS) is 11.5. The number of para-hydroxylation sites is 2. The zero-order chi connectivity index (χ0) is 18.6. The topological polar surface area (TPSA) is 50.1 Å². The number of nitrogens with one attached hydrogen (secondary N) is 1. The van der Waals surface area contributed by atoms with E-state index in [1.807, 2.05) is 97.9 Å². The van der Waals surface area contributed by atoms with Crippen molar-refractivity contribution < 1.29 is 0 Å². The highest BCUT2D eigenvalue weighted by Gasteiger charge is 2.19. The van der Waals surface area contributed by atoms with Gasteiger partial charge >= 0.3 is 0 Å². The molecule has 0 aliphatic heterocycles. The van der Waals surface area contributed by atoms with E-state index in [4.69, 9.17) is 4.99 Å². The van der Waals surface area contributed by atoms with E-state index in [1.165, 1.54) is 0 Å². The van der Waals surface area contributed by atoms with Crippen molar-refractivity contribution in [3.05, 3.63) is 118 Å². The first-order valence-electron chi connectivity index (χ1n) is 8.80. The number of aromatic amines is 1. The van der Waals surface area contributed by atoms with E-state index in [2.05, 4.69) is 5.10 Å². The Hall–Kier alpha value is -3.66. The second-order valence-corrected chi connectivity index (χ2v) is 6.25. The summed E-state index contributed by atoms with van der Waals surface area (Å²) in [5.74, 6) is 0. The minimum atomic E-state index is -0.114. The predicted octanol–water partition coefficient (Wildman–Crippen LogP) is 4.64. The van der Waals surface area contributed by atoms with Gasteiger partial charge in [-0.2, -0.15) is 0 Å². The highest BCUT2D eigenvalue weighted by molar-refractivity contribution is 6.14. The summed E-state index contributed by atoms with van der Waals surface area (Å²) in [5, 5.41) is 3.19. The molecule has 4 rings (SSSR count). The lowest BCUT2D eigenvalue weighted by Crippen LogP contribution is -2.21. The molecule has 0 fully saturated rings. The molecule has 0 radical (unpaired) electrons. The predicted molar refractivity (Wildman–Crippen MR) is 109 cm³/mol. The van der Waals surface area contributed by atoms with Gasteiger partial charge in [-0.25, -0.2) is 9.67 Å². The first-order valence-corrected chi connectivity index (χ1v) is 8.80. The molecule has 1 aromatic heterocycles. The van der Waals surface area contributed by atoms with Gasteiger partial charge in [-0.05, 0) is 31.2 Å². The largest absolute Gasteiger partial charge is 0.295 e. The van der Waals surface area contributed by atoms with Crippen molar-refractivity contribution in [2.75, 3.05) is 0 Å². The van der Waals surface area contributed by atoms with Gasteiger partial charge in [0.15, 0.2) is 0 Å². The molecule has 0 aliphatic carbocycles. The molecule has 132 valence electrons. The monoisotopic (exact) mass is 353 g/mol. The molecule has 3 aromatic carbocycles. The summed E-state index contributed by atoms with van der Waals surface area (Å²) in [5.41, 5.74) is 4.41. The number of aromatic nitrogens is 2. The molecule has 0 unspecified atom stereocenters. The fourth-order valence-electron chi connectivity index (χ4n) is 3.08. The molecule has 0 bridgehead atoms. The van der Waals surface area contributed by atoms with Crippen molar-refractivity contribution in [1.29, 1.82) is 0 Å². The lowest BCUT2D eigenvalue weighted by molar-refractivity contribution is 0.835. The lowest BCUT2D eigenvalue weighted by Gasteiger charge is -2.06. The molecule has 0 atom stereocenters. The average Bonchev–Trinajstić information content (AvgIpc) is 3.02. The van der Waals surface area contributed by atoms with Gasteiger partial charge in [-0.1, -0.05) is 66.7 Å². The van der Waals surface area contributed by atoms with Crippen LogP contribution < -0.4 is 5.56 Å². The van der Waals surface area contributed by atoms with Crippen LogP contribution in [0.1, 0.15) is 16.8 Å². The molecule has 4 aromatic rings. The maximum Gasteiger partial charge on any atom is 0.280 e. The quantitative estimate of drug-likeness (QED) is 0.534. The van der Waals surface area contributed by atoms with E-state index in [9.17, 15) is 4.79 Å². The molecule has 0 amide bonds. The van der Waals surface area contributed by atoms with E-state index in [0.717, 1.165) is 22.6 Å². The van der Waals surface area contributed by atoms with Crippen molar-refractivity contribution >= 4 is 11.4 Å². The number of nitrogens with zero attached hydrogens (tertiary/aromatic N) is 2. The lowest BCUT2D eigenvalue weighted by atomic mass is 10.0. The first-order chi connectivity index (χ1) is 13.2. The molecule has 0 spiro atoms. The zero-order valence-electron chi connectivity index (χ0n) is 15.0. The third-order valence-electron chi connectivity index (χ3n) is 4.37. The van der Waals surface area contributed by atoms with Crippen LogP contribution in [0.2, 0.25) is 0 Å². The summed E-state index contributed by atoms with van der Waals surface area (Å²) >= 11 is 0. The molecule has 0 aliphatic rings. The van der Waals surface area contributed by atoms with E-state index in [0.29, 0.717) is 11.3 Å². The van der Waals surface area contributed by atoms with Crippen LogP contribution in [0.4, 0.5) is 5.69 Å². The van der Waals surface area contributed by atoms with Crippen molar-refractivity contribution in [2.45, 2.75) is 6.92 Å². The van der Waals surface area contributed by atoms with Gasteiger partial charge in [0.2, 0.25) is 0 Å². The number of aliphatic imine (C=N–C) groups is 1. The molecule has 0 saturated carbocycles. The standard InChI is InChI=1S/C23H19N3O/c1-17-21(23(27)26(25-17)20-15-9-4-10-16-20)22(18-11-5-2-6-12-18)24-19-13-7-3-8-14-19/h2-16,25H,1H3. The number of benzene rings is 3. The molecule has 4 heteroatoms. The van der Waals surface area contributed by atoms with E-state index in [-0.39, 0.29) is 5.56 Å². The summed E-state index contributed by atoms with van der Waals surface area (Å²) in [6.45, 7) is 1.90. The van der Waals surface area contributed by atoms with Crippen LogP contribution in [0.15, 0.2) is 101 Å². The Morgan fingerprint density at radius 2 is 1.37 bits per heavy atom. The van der Waals surface area contributed by atoms with Gasteiger partial charge in [0.25, 0.3) is 5.56 Å². The Morgan fingerprint density at radius 1 is 0.815 bits per heavy atom. The average molecular weight is 353 g/mol. The fraction of sp³-hybridized carbons (Fsp3) is 0.0435. The van der Waals surface area contributed by atoms with Gasteiger partial charge in [0.05, 0.1) is 22.6 Å². The SMILES string of the molecule is Cc1[nH]n(-c2ccccc2)c(=O)c1C(=Nc1ccccc1)c1ccccc1. The van der Waals surface area contributed by atoms with E-state index < -0.39 is 0 Å². The minimum Gasteiger partial charge on any atom is -0.295 e. The molecule has 1 N–H and O–H groups in total. The second-order valence-electron chi connectivity index (χ2n) is 6.25.